The molecular weight excluding hydrogens is 352 g/mol. The van der Waals surface area contributed by atoms with Crippen molar-refractivity contribution in [3.05, 3.63) is 40.8 Å². The average Bonchev–Trinajstić information content (AvgIpc) is 2.69. The smallest absolute Gasteiger partial charge is 0.319 e. The zero-order valence-electron chi connectivity index (χ0n) is 17.0. The third kappa shape index (κ3) is 5.35. The summed E-state index contributed by atoms with van der Waals surface area (Å²) >= 11 is 0. The predicted molar refractivity (Wildman–Crippen MR) is 115 cm³/mol. The number of benzene rings is 1. The first-order valence-electron chi connectivity index (χ1n) is 10.4. The van der Waals surface area contributed by atoms with E-state index in [0.29, 0.717) is 30.1 Å². The van der Waals surface area contributed by atoms with Crippen LogP contribution in [0, 0.1) is 5.92 Å². The number of urea groups is 1. The Kier molecular flexibility index (Phi) is 7.09. The normalized spacial score (nSPS) is 15.1. The third-order valence-corrected chi connectivity index (χ3v) is 5.19. The molecule has 0 saturated carbocycles. The molecule has 152 valence electrons. The van der Waals surface area contributed by atoms with E-state index in [1.54, 1.807) is 10.8 Å². The van der Waals surface area contributed by atoms with Crippen LogP contribution in [0.5, 0.6) is 0 Å². The maximum atomic E-state index is 12.7. The zero-order chi connectivity index (χ0) is 19.9. The molecule has 0 unspecified atom stereocenters. The molecule has 0 aliphatic carbocycles. The van der Waals surface area contributed by atoms with E-state index >= 15 is 0 Å². The third-order valence-electron chi connectivity index (χ3n) is 5.19. The van der Waals surface area contributed by atoms with Gasteiger partial charge in [0, 0.05) is 30.1 Å². The summed E-state index contributed by atoms with van der Waals surface area (Å²) in [5.74, 6) is 0.343. The SMILES string of the molecule is CC(C)Cn1cc(NC(=O)NCCCN2CCCCC2)c2ccccc2c1=O. The molecule has 1 fully saturated rings. The van der Waals surface area contributed by atoms with Crippen LogP contribution in [0.15, 0.2) is 35.3 Å². The molecule has 1 saturated heterocycles. The summed E-state index contributed by atoms with van der Waals surface area (Å²) in [5, 5.41) is 7.29. The van der Waals surface area contributed by atoms with E-state index in [2.05, 4.69) is 29.4 Å². The van der Waals surface area contributed by atoms with Gasteiger partial charge in [0.05, 0.1) is 5.69 Å². The maximum absolute atomic E-state index is 12.7. The number of fused-ring (bicyclic) bond motifs is 1. The van der Waals surface area contributed by atoms with Crippen LogP contribution in [-0.4, -0.2) is 41.7 Å². The molecule has 6 heteroatoms. The number of rotatable bonds is 7. The van der Waals surface area contributed by atoms with Crippen LogP contribution in [0.2, 0.25) is 0 Å². The van der Waals surface area contributed by atoms with Gasteiger partial charge < -0.3 is 20.1 Å². The number of amides is 2. The average molecular weight is 385 g/mol. The summed E-state index contributed by atoms with van der Waals surface area (Å²) in [6, 6.07) is 7.21. The van der Waals surface area contributed by atoms with Crippen molar-refractivity contribution in [3.63, 3.8) is 0 Å². The van der Waals surface area contributed by atoms with Gasteiger partial charge in [-0.25, -0.2) is 4.79 Å². The van der Waals surface area contributed by atoms with Crippen molar-refractivity contribution in [2.45, 2.75) is 46.1 Å². The summed E-state index contributed by atoms with van der Waals surface area (Å²) in [6.45, 7) is 8.79. The number of piperidine rings is 1. The summed E-state index contributed by atoms with van der Waals surface area (Å²) in [6.07, 6.45) is 6.61. The fraction of sp³-hybridized carbons (Fsp3) is 0.545. The first-order valence-corrected chi connectivity index (χ1v) is 10.4. The van der Waals surface area contributed by atoms with Crippen LogP contribution in [0.25, 0.3) is 10.8 Å². The highest BCUT2D eigenvalue weighted by Gasteiger charge is 2.12. The number of carbonyl (C=O) groups excluding carboxylic acids is 1. The predicted octanol–water partition coefficient (Wildman–Crippen LogP) is 3.66. The molecule has 2 aromatic rings. The molecule has 0 bridgehead atoms. The number of hydrogen-bond donors (Lipinski definition) is 2. The summed E-state index contributed by atoms with van der Waals surface area (Å²) in [4.78, 5) is 27.6. The van der Waals surface area contributed by atoms with Crippen molar-refractivity contribution in [2.24, 2.45) is 5.92 Å². The molecule has 0 radical (unpaired) electrons. The van der Waals surface area contributed by atoms with E-state index in [1.807, 2.05) is 24.3 Å². The highest BCUT2D eigenvalue weighted by atomic mass is 16.2. The molecule has 0 atom stereocenters. The molecule has 2 N–H and O–H groups in total. The number of carbonyl (C=O) groups is 1. The Morgan fingerprint density at radius 3 is 2.54 bits per heavy atom. The number of anilines is 1. The zero-order valence-corrected chi connectivity index (χ0v) is 17.0. The Hall–Kier alpha value is -2.34. The van der Waals surface area contributed by atoms with Crippen LogP contribution in [0.1, 0.15) is 39.5 Å². The lowest BCUT2D eigenvalue weighted by Crippen LogP contribution is -2.35. The van der Waals surface area contributed by atoms with Crippen LogP contribution < -0.4 is 16.2 Å². The lowest BCUT2D eigenvalue weighted by atomic mass is 10.1. The molecule has 1 aliphatic rings. The molecule has 2 amide bonds. The van der Waals surface area contributed by atoms with E-state index in [4.69, 9.17) is 0 Å². The summed E-state index contributed by atoms with van der Waals surface area (Å²) < 4.78 is 1.69. The van der Waals surface area contributed by atoms with Crippen LogP contribution in [-0.2, 0) is 6.54 Å². The number of pyridine rings is 1. The van der Waals surface area contributed by atoms with E-state index in [0.717, 1.165) is 18.4 Å². The molecule has 3 rings (SSSR count). The van der Waals surface area contributed by atoms with Gasteiger partial charge in [-0.2, -0.15) is 0 Å². The molecule has 2 heterocycles. The van der Waals surface area contributed by atoms with Crippen molar-refractivity contribution in [1.29, 1.82) is 0 Å². The van der Waals surface area contributed by atoms with Crippen molar-refractivity contribution in [3.8, 4) is 0 Å². The van der Waals surface area contributed by atoms with Crippen LogP contribution >= 0.6 is 0 Å². The van der Waals surface area contributed by atoms with Crippen molar-refractivity contribution >= 4 is 22.5 Å². The lowest BCUT2D eigenvalue weighted by Gasteiger charge is -2.26. The van der Waals surface area contributed by atoms with Gasteiger partial charge in [0.1, 0.15) is 0 Å². The van der Waals surface area contributed by atoms with Gasteiger partial charge in [-0.3, -0.25) is 4.79 Å². The Morgan fingerprint density at radius 2 is 1.82 bits per heavy atom. The van der Waals surface area contributed by atoms with Gasteiger partial charge in [-0.1, -0.05) is 38.5 Å². The first-order chi connectivity index (χ1) is 13.5. The second-order valence-corrected chi connectivity index (χ2v) is 8.08. The highest BCUT2D eigenvalue weighted by molar-refractivity contribution is 6.00. The molecule has 1 aliphatic heterocycles. The largest absolute Gasteiger partial charge is 0.338 e. The molecule has 1 aromatic carbocycles. The van der Waals surface area contributed by atoms with Crippen molar-refractivity contribution < 1.29 is 4.79 Å². The fourth-order valence-corrected chi connectivity index (χ4v) is 3.83. The van der Waals surface area contributed by atoms with E-state index in [-0.39, 0.29) is 11.6 Å². The van der Waals surface area contributed by atoms with Crippen LogP contribution in [0.3, 0.4) is 0 Å². The Labute approximate surface area is 166 Å². The van der Waals surface area contributed by atoms with Gasteiger partial charge in [-0.15, -0.1) is 0 Å². The minimum Gasteiger partial charge on any atom is -0.338 e. The second kappa shape index (κ2) is 9.73. The van der Waals surface area contributed by atoms with Crippen LogP contribution in [0.4, 0.5) is 10.5 Å². The number of nitrogens with one attached hydrogen (secondary N) is 2. The minimum atomic E-state index is -0.224. The van der Waals surface area contributed by atoms with E-state index in [9.17, 15) is 9.59 Å². The fourth-order valence-electron chi connectivity index (χ4n) is 3.83. The Morgan fingerprint density at radius 1 is 1.11 bits per heavy atom. The highest BCUT2D eigenvalue weighted by Crippen LogP contribution is 2.20. The van der Waals surface area contributed by atoms with Gasteiger partial charge in [-0.05, 0) is 50.9 Å². The second-order valence-electron chi connectivity index (χ2n) is 8.08. The van der Waals surface area contributed by atoms with Gasteiger partial charge in [0.2, 0.25) is 0 Å². The van der Waals surface area contributed by atoms with E-state index < -0.39 is 0 Å². The number of likely N-dealkylation sites (tertiary alicyclic amines) is 1. The summed E-state index contributed by atoms with van der Waals surface area (Å²) in [7, 11) is 0. The maximum Gasteiger partial charge on any atom is 0.319 e. The molecule has 6 nitrogen and oxygen atoms in total. The number of nitrogens with zero attached hydrogens (tertiary/aromatic N) is 2. The van der Waals surface area contributed by atoms with Gasteiger partial charge >= 0.3 is 6.03 Å². The standard InChI is InChI=1S/C22H32N4O2/c1-17(2)15-26-16-20(18-9-4-5-10-19(18)21(26)27)24-22(28)23-11-8-14-25-12-6-3-7-13-25/h4-5,9-10,16-17H,3,6-8,11-15H2,1-2H3,(H2,23,24,28). The van der Waals surface area contributed by atoms with Crippen molar-refractivity contribution in [1.82, 2.24) is 14.8 Å². The van der Waals surface area contributed by atoms with Crippen molar-refractivity contribution in [2.75, 3.05) is 31.5 Å². The summed E-state index contributed by atoms with van der Waals surface area (Å²) in [5.41, 5.74) is 0.654. The Bertz CT molecular complexity index is 853. The molecule has 1 aromatic heterocycles. The Balaban J connectivity index is 1.63. The number of aromatic nitrogens is 1. The molecule has 0 spiro atoms. The van der Waals surface area contributed by atoms with E-state index in [1.165, 1.54) is 32.4 Å². The minimum absolute atomic E-state index is 0.0169. The first kappa shape index (κ1) is 20.4. The molecular formula is C22H32N4O2. The van der Waals surface area contributed by atoms with Gasteiger partial charge in [0.15, 0.2) is 0 Å². The monoisotopic (exact) mass is 384 g/mol. The topological polar surface area (TPSA) is 66.4 Å². The quantitative estimate of drug-likeness (QED) is 0.716. The number of hydrogen-bond acceptors (Lipinski definition) is 3. The lowest BCUT2D eigenvalue weighted by molar-refractivity contribution is 0.224. The molecule has 28 heavy (non-hydrogen) atoms. The van der Waals surface area contributed by atoms with Gasteiger partial charge in [0.25, 0.3) is 5.56 Å².